The summed E-state index contributed by atoms with van der Waals surface area (Å²) in [4.78, 5) is 11.1. The number of aryl methyl sites for hydroxylation is 3. The van der Waals surface area contributed by atoms with Crippen LogP contribution >= 0.6 is 11.3 Å². The summed E-state index contributed by atoms with van der Waals surface area (Å²) in [5.41, 5.74) is 2.38. The number of nitrogens with one attached hydrogen (secondary N) is 1. The Hall–Kier alpha value is -1.95. The number of nitrogens with zero attached hydrogens (tertiary/aromatic N) is 4. The minimum atomic E-state index is 0.139. The molecule has 104 valence electrons. The molecule has 0 fully saturated rings. The van der Waals surface area contributed by atoms with Crippen molar-refractivity contribution in [1.29, 1.82) is 0 Å². The van der Waals surface area contributed by atoms with Gasteiger partial charge in [-0.1, -0.05) is 0 Å². The van der Waals surface area contributed by atoms with Crippen LogP contribution in [0.15, 0.2) is 18.6 Å². The molecule has 0 saturated carbocycles. The fourth-order valence-electron chi connectivity index (χ4n) is 2.38. The molecule has 0 bridgehead atoms. The summed E-state index contributed by atoms with van der Waals surface area (Å²) in [6.45, 7) is 6.35. The van der Waals surface area contributed by atoms with Crippen molar-refractivity contribution in [3.8, 4) is 0 Å². The number of rotatable bonds is 3. The summed E-state index contributed by atoms with van der Waals surface area (Å²) in [6.07, 6.45) is 3.43. The summed E-state index contributed by atoms with van der Waals surface area (Å²) >= 11 is 1.71. The highest BCUT2D eigenvalue weighted by atomic mass is 32.1. The first kappa shape index (κ1) is 13.1. The number of thiophene rings is 1. The van der Waals surface area contributed by atoms with E-state index in [1.54, 1.807) is 17.7 Å². The Kier molecular flexibility index (Phi) is 3.17. The van der Waals surface area contributed by atoms with Crippen LogP contribution in [0.5, 0.6) is 0 Å². The van der Waals surface area contributed by atoms with Gasteiger partial charge >= 0.3 is 0 Å². The highest BCUT2D eigenvalue weighted by Crippen LogP contribution is 2.33. The maximum Gasteiger partial charge on any atom is 0.138 e. The predicted molar refractivity (Wildman–Crippen MR) is 82.1 cm³/mol. The zero-order chi connectivity index (χ0) is 14.3. The Morgan fingerprint density at radius 1 is 1.30 bits per heavy atom. The number of fused-ring (bicyclic) bond motifs is 1. The Labute approximate surface area is 121 Å². The molecule has 3 aromatic heterocycles. The van der Waals surface area contributed by atoms with Crippen LogP contribution in [0.1, 0.15) is 29.1 Å². The van der Waals surface area contributed by atoms with Gasteiger partial charge in [0.25, 0.3) is 0 Å². The van der Waals surface area contributed by atoms with E-state index >= 15 is 0 Å². The second kappa shape index (κ2) is 4.86. The third kappa shape index (κ3) is 2.06. The first-order valence-electron chi connectivity index (χ1n) is 6.53. The van der Waals surface area contributed by atoms with Gasteiger partial charge in [-0.15, -0.1) is 11.3 Å². The Morgan fingerprint density at radius 3 is 2.80 bits per heavy atom. The van der Waals surface area contributed by atoms with Crippen molar-refractivity contribution in [2.45, 2.75) is 26.8 Å². The SMILES string of the molecule is Cc1sc2ncnc(NC(C)c3ccnn3C)c2c1C. The average Bonchev–Trinajstić information content (AvgIpc) is 2.95. The largest absolute Gasteiger partial charge is 0.361 e. The molecule has 0 aliphatic heterocycles. The molecule has 0 amide bonds. The van der Waals surface area contributed by atoms with Gasteiger partial charge in [0.15, 0.2) is 0 Å². The van der Waals surface area contributed by atoms with Crippen LogP contribution in [0.4, 0.5) is 5.82 Å². The molecule has 1 atom stereocenters. The summed E-state index contributed by atoms with van der Waals surface area (Å²) in [6, 6.07) is 2.15. The fraction of sp³-hybridized carbons (Fsp3) is 0.357. The third-order valence-corrected chi connectivity index (χ3v) is 4.74. The van der Waals surface area contributed by atoms with Gasteiger partial charge < -0.3 is 5.32 Å². The maximum atomic E-state index is 4.42. The molecule has 0 aliphatic rings. The first-order valence-corrected chi connectivity index (χ1v) is 7.34. The highest BCUT2D eigenvalue weighted by molar-refractivity contribution is 7.18. The minimum absolute atomic E-state index is 0.139. The lowest BCUT2D eigenvalue weighted by atomic mass is 10.2. The first-order chi connectivity index (χ1) is 9.58. The molecule has 1 N–H and O–H groups in total. The molecule has 3 heterocycles. The van der Waals surface area contributed by atoms with Crippen molar-refractivity contribution in [3.63, 3.8) is 0 Å². The van der Waals surface area contributed by atoms with Crippen molar-refractivity contribution >= 4 is 27.4 Å². The van der Waals surface area contributed by atoms with E-state index in [0.29, 0.717) is 0 Å². The van der Waals surface area contributed by atoms with E-state index in [0.717, 1.165) is 21.7 Å². The van der Waals surface area contributed by atoms with Gasteiger partial charge in [0.2, 0.25) is 0 Å². The topological polar surface area (TPSA) is 55.6 Å². The maximum absolute atomic E-state index is 4.42. The Morgan fingerprint density at radius 2 is 2.10 bits per heavy atom. The molecular formula is C14H17N5S. The van der Waals surface area contributed by atoms with E-state index in [1.165, 1.54) is 10.4 Å². The molecule has 0 spiro atoms. The highest BCUT2D eigenvalue weighted by Gasteiger charge is 2.15. The number of hydrogen-bond donors (Lipinski definition) is 1. The van der Waals surface area contributed by atoms with Crippen molar-refractivity contribution in [1.82, 2.24) is 19.7 Å². The van der Waals surface area contributed by atoms with Gasteiger partial charge in [-0.05, 0) is 32.4 Å². The molecule has 0 aromatic carbocycles. The fourth-order valence-corrected chi connectivity index (χ4v) is 3.38. The van der Waals surface area contributed by atoms with Gasteiger partial charge in [0.1, 0.15) is 17.0 Å². The smallest absolute Gasteiger partial charge is 0.138 e. The summed E-state index contributed by atoms with van der Waals surface area (Å²) in [7, 11) is 1.95. The van der Waals surface area contributed by atoms with Crippen molar-refractivity contribution < 1.29 is 0 Å². The van der Waals surface area contributed by atoms with Gasteiger partial charge in [0, 0.05) is 18.1 Å². The summed E-state index contributed by atoms with van der Waals surface area (Å²) in [5, 5.41) is 8.81. The molecule has 3 rings (SSSR count). The molecule has 0 aliphatic carbocycles. The zero-order valence-corrected chi connectivity index (χ0v) is 12.8. The number of anilines is 1. The molecular weight excluding hydrogens is 270 g/mol. The second-order valence-electron chi connectivity index (χ2n) is 4.93. The van der Waals surface area contributed by atoms with E-state index in [1.807, 2.05) is 24.0 Å². The van der Waals surface area contributed by atoms with Crippen LogP contribution in [0.25, 0.3) is 10.2 Å². The lowest BCUT2D eigenvalue weighted by Gasteiger charge is -2.15. The van der Waals surface area contributed by atoms with Crippen molar-refractivity contribution in [2.75, 3.05) is 5.32 Å². The van der Waals surface area contributed by atoms with Gasteiger partial charge in [-0.3, -0.25) is 4.68 Å². The number of aromatic nitrogens is 4. The van der Waals surface area contributed by atoms with Crippen LogP contribution in [-0.2, 0) is 7.05 Å². The monoisotopic (exact) mass is 287 g/mol. The molecule has 0 saturated heterocycles. The second-order valence-corrected chi connectivity index (χ2v) is 6.13. The standard InChI is InChI=1S/C14H17N5S/c1-8-10(3)20-14-12(8)13(15-7-16-14)18-9(2)11-5-6-17-19(11)4/h5-7,9H,1-4H3,(H,15,16,18). The average molecular weight is 287 g/mol. The van der Waals surface area contributed by atoms with Crippen LogP contribution in [0.2, 0.25) is 0 Å². The zero-order valence-electron chi connectivity index (χ0n) is 12.0. The molecule has 0 radical (unpaired) electrons. The quantitative estimate of drug-likeness (QED) is 0.803. The number of hydrogen-bond acceptors (Lipinski definition) is 5. The van der Waals surface area contributed by atoms with Crippen molar-refractivity contribution in [3.05, 3.63) is 34.7 Å². The van der Waals surface area contributed by atoms with Crippen LogP contribution in [-0.4, -0.2) is 19.7 Å². The van der Waals surface area contributed by atoms with Gasteiger partial charge in [0.05, 0.1) is 17.1 Å². The normalized spacial score (nSPS) is 12.8. The molecule has 6 heteroatoms. The molecule has 20 heavy (non-hydrogen) atoms. The lowest BCUT2D eigenvalue weighted by Crippen LogP contribution is -2.12. The molecule has 1 unspecified atom stereocenters. The van der Waals surface area contributed by atoms with E-state index < -0.39 is 0 Å². The molecule has 5 nitrogen and oxygen atoms in total. The van der Waals surface area contributed by atoms with E-state index in [4.69, 9.17) is 0 Å². The van der Waals surface area contributed by atoms with Gasteiger partial charge in [-0.2, -0.15) is 5.10 Å². The van der Waals surface area contributed by atoms with E-state index in [2.05, 4.69) is 41.2 Å². The predicted octanol–water partition coefficient (Wildman–Crippen LogP) is 3.21. The molecule has 3 aromatic rings. The summed E-state index contributed by atoms with van der Waals surface area (Å²) < 4.78 is 1.88. The Balaban J connectivity index is 2.01. The van der Waals surface area contributed by atoms with E-state index in [-0.39, 0.29) is 6.04 Å². The summed E-state index contributed by atoms with van der Waals surface area (Å²) in [5.74, 6) is 0.894. The van der Waals surface area contributed by atoms with Crippen molar-refractivity contribution in [2.24, 2.45) is 7.05 Å². The van der Waals surface area contributed by atoms with Gasteiger partial charge in [-0.25, -0.2) is 9.97 Å². The van der Waals surface area contributed by atoms with E-state index in [9.17, 15) is 0 Å². The van der Waals surface area contributed by atoms with Crippen LogP contribution in [0, 0.1) is 13.8 Å². The van der Waals surface area contributed by atoms with Crippen LogP contribution in [0.3, 0.4) is 0 Å². The Bertz CT molecular complexity index is 758. The van der Waals surface area contributed by atoms with Crippen LogP contribution < -0.4 is 5.32 Å². The minimum Gasteiger partial charge on any atom is -0.361 e. The third-order valence-electron chi connectivity index (χ3n) is 3.62. The lowest BCUT2D eigenvalue weighted by molar-refractivity contribution is 0.674.